The number of nitrogens with one attached hydrogen (secondary N) is 1. The third-order valence-electron chi connectivity index (χ3n) is 3.66. The molecule has 0 aliphatic rings. The molecule has 0 fully saturated rings. The molecule has 0 aliphatic heterocycles. The molecule has 0 aliphatic carbocycles. The lowest BCUT2D eigenvalue weighted by Crippen LogP contribution is -2.43. The number of hydrogen-bond donors (Lipinski definition) is 1. The largest absolute Gasteiger partial charge is 0.315 e. The zero-order valence-electron chi connectivity index (χ0n) is 13.1. The first-order chi connectivity index (χ1) is 7.81. The number of nitrogens with zero attached hydrogens (tertiary/aromatic N) is 1. The van der Waals surface area contributed by atoms with E-state index in [4.69, 9.17) is 0 Å². The molecule has 1 N–H and O–H groups in total. The van der Waals surface area contributed by atoms with Crippen LogP contribution in [0.4, 0.5) is 0 Å². The maximum atomic E-state index is 3.63. The van der Waals surface area contributed by atoms with Crippen molar-refractivity contribution in [2.24, 2.45) is 11.3 Å². The predicted octanol–water partition coefficient (Wildman–Crippen LogP) is 3.38. The van der Waals surface area contributed by atoms with E-state index in [0.717, 1.165) is 19.0 Å². The Morgan fingerprint density at radius 2 is 1.59 bits per heavy atom. The number of rotatable bonds is 8. The molecule has 104 valence electrons. The van der Waals surface area contributed by atoms with Crippen LogP contribution in [-0.2, 0) is 0 Å². The van der Waals surface area contributed by atoms with Gasteiger partial charge in [0.15, 0.2) is 0 Å². The number of likely N-dealkylation sites (N-methyl/N-ethyl adjacent to an activating group) is 1. The van der Waals surface area contributed by atoms with Crippen LogP contribution >= 0.6 is 0 Å². The molecular formula is C15H34N2. The van der Waals surface area contributed by atoms with Gasteiger partial charge in [0, 0.05) is 12.6 Å². The smallest absolute Gasteiger partial charge is 0.0242 e. The first-order valence-corrected chi connectivity index (χ1v) is 7.19. The summed E-state index contributed by atoms with van der Waals surface area (Å²) in [7, 11) is 4.41. The van der Waals surface area contributed by atoms with E-state index in [0.29, 0.717) is 11.5 Å². The van der Waals surface area contributed by atoms with Gasteiger partial charge in [0.1, 0.15) is 0 Å². The zero-order valence-corrected chi connectivity index (χ0v) is 13.1. The van der Waals surface area contributed by atoms with E-state index in [1.54, 1.807) is 0 Å². The Bertz CT molecular complexity index is 178. The van der Waals surface area contributed by atoms with Gasteiger partial charge in [0.25, 0.3) is 0 Å². The monoisotopic (exact) mass is 242 g/mol. The fourth-order valence-corrected chi connectivity index (χ4v) is 2.32. The Labute approximate surface area is 109 Å². The summed E-state index contributed by atoms with van der Waals surface area (Å²) in [5.41, 5.74) is 0.440. The van der Waals surface area contributed by atoms with Crippen LogP contribution in [0.15, 0.2) is 0 Å². The highest BCUT2D eigenvalue weighted by Gasteiger charge is 2.20. The average molecular weight is 242 g/mol. The Morgan fingerprint density at radius 1 is 1.06 bits per heavy atom. The van der Waals surface area contributed by atoms with Gasteiger partial charge in [0.2, 0.25) is 0 Å². The van der Waals surface area contributed by atoms with E-state index in [1.165, 1.54) is 19.3 Å². The molecule has 0 saturated heterocycles. The summed E-state index contributed by atoms with van der Waals surface area (Å²) < 4.78 is 0. The van der Waals surface area contributed by atoms with E-state index in [2.05, 4.69) is 58.9 Å². The molecule has 2 nitrogen and oxygen atoms in total. The maximum absolute atomic E-state index is 3.63. The van der Waals surface area contributed by atoms with Crippen molar-refractivity contribution in [1.29, 1.82) is 0 Å². The Hall–Kier alpha value is -0.0800. The van der Waals surface area contributed by atoms with Crippen molar-refractivity contribution in [1.82, 2.24) is 10.2 Å². The van der Waals surface area contributed by atoms with Crippen molar-refractivity contribution in [3.8, 4) is 0 Å². The second-order valence-electron chi connectivity index (χ2n) is 6.62. The van der Waals surface area contributed by atoms with Gasteiger partial charge in [-0.25, -0.2) is 0 Å². The van der Waals surface area contributed by atoms with Crippen molar-refractivity contribution >= 4 is 0 Å². The molecule has 17 heavy (non-hydrogen) atoms. The zero-order chi connectivity index (χ0) is 13.5. The fraction of sp³-hybridized carbons (Fsp3) is 1.00. The van der Waals surface area contributed by atoms with Crippen LogP contribution in [0.3, 0.4) is 0 Å². The molecule has 0 spiro atoms. The van der Waals surface area contributed by atoms with Crippen molar-refractivity contribution in [2.45, 2.75) is 59.9 Å². The highest BCUT2D eigenvalue weighted by Crippen LogP contribution is 2.18. The van der Waals surface area contributed by atoms with Crippen LogP contribution < -0.4 is 5.32 Å². The summed E-state index contributed by atoms with van der Waals surface area (Å²) in [6, 6.07) is 0.671. The van der Waals surface area contributed by atoms with Crippen molar-refractivity contribution < 1.29 is 0 Å². The highest BCUT2D eigenvalue weighted by molar-refractivity contribution is 4.77. The molecule has 0 aromatic carbocycles. The molecule has 0 amide bonds. The molecular weight excluding hydrogens is 208 g/mol. The van der Waals surface area contributed by atoms with Crippen LogP contribution in [0.1, 0.15) is 53.9 Å². The second-order valence-corrected chi connectivity index (χ2v) is 6.62. The van der Waals surface area contributed by atoms with Crippen LogP contribution in [0.25, 0.3) is 0 Å². The normalized spacial score (nSPS) is 14.6. The molecule has 1 unspecified atom stereocenters. The summed E-state index contributed by atoms with van der Waals surface area (Å²) in [5.74, 6) is 0.812. The molecule has 0 bridgehead atoms. The Balaban J connectivity index is 4.02. The molecule has 2 heteroatoms. The molecule has 0 aromatic rings. The fourth-order valence-electron chi connectivity index (χ4n) is 2.32. The predicted molar refractivity (Wildman–Crippen MR) is 78.5 cm³/mol. The van der Waals surface area contributed by atoms with Gasteiger partial charge in [-0.2, -0.15) is 0 Å². The highest BCUT2D eigenvalue weighted by atomic mass is 15.1. The third kappa shape index (κ3) is 7.77. The summed E-state index contributed by atoms with van der Waals surface area (Å²) in [4.78, 5) is 2.38. The lowest BCUT2D eigenvalue weighted by molar-refractivity contribution is 0.192. The lowest BCUT2D eigenvalue weighted by Gasteiger charge is -2.32. The minimum Gasteiger partial charge on any atom is -0.315 e. The number of hydrogen-bond acceptors (Lipinski definition) is 2. The van der Waals surface area contributed by atoms with Gasteiger partial charge in [0.05, 0.1) is 0 Å². The van der Waals surface area contributed by atoms with E-state index in [1.807, 2.05) is 0 Å². The summed E-state index contributed by atoms with van der Waals surface area (Å²) in [6.07, 6.45) is 3.80. The SMILES string of the molecule is CCC(CC)C(CNCCC(C)(C)C)N(C)C. The van der Waals surface area contributed by atoms with Gasteiger partial charge < -0.3 is 10.2 Å². The quantitative estimate of drug-likeness (QED) is 0.657. The average Bonchev–Trinajstić information content (AvgIpc) is 2.20. The van der Waals surface area contributed by atoms with E-state index < -0.39 is 0 Å². The minimum absolute atomic E-state index is 0.440. The van der Waals surface area contributed by atoms with Crippen LogP contribution in [0.5, 0.6) is 0 Å². The Kier molecular flexibility index (Phi) is 8.06. The van der Waals surface area contributed by atoms with Gasteiger partial charge in [-0.3, -0.25) is 0 Å². The van der Waals surface area contributed by atoms with Gasteiger partial charge in [-0.15, -0.1) is 0 Å². The van der Waals surface area contributed by atoms with Gasteiger partial charge in [-0.05, 0) is 38.4 Å². The van der Waals surface area contributed by atoms with Crippen LogP contribution in [0.2, 0.25) is 0 Å². The van der Waals surface area contributed by atoms with Gasteiger partial charge >= 0.3 is 0 Å². The first-order valence-electron chi connectivity index (χ1n) is 7.19. The third-order valence-corrected chi connectivity index (χ3v) is 3.66. The molecule has 0 saturated carbocycles. The summed E-state index contributed by atoms with van der Waals surface area (Å²) in [6.45, 7) is 13.8. The van der Waals surface area contributed by atoms with Crippen molar-refractivity contribution in [3.05, 3.63) is 0 Å². The summed E-state index contributed by atoms with van der Waals surface area (Å²) in [5, 5.41) is 3.63. The molecule has 0 heterocycles. The Morgan fingerprint density at radius 3 is 1.94 bits per heavy atom. The second kappa shape index (κ2) is 8.10. The van der Waals surface area contributed by atoms with E-state index in [9.17, 15) is 0 Å². The molecule has 0 radical (unpaired) electrons. The van der Waals surface area contributed by atoms with Gasteiger partial charge in [-0.1, -0.05) is 47.5 Å². The van der Waals surface area contributed by atoms with Crippen LogP contribution in [-0.4, -0.2) is 38.1 Å². The van der Waals surface area contributed by atoms with Crippen molar-refractivity contribution in [3.63, 3.8) is 0 Å². The maximum Gasteiger partial charge on any atom is 0.0242 e. The van der Waals surface area contributed by atoms with E-state index in [-0.39, 0.29) is 0 Å². The van der Waals surface area contributed by atoms with Crippen LogP contribution in [0, 0.1) is 11.3 Å². The lowest BCUT2D eigenvalue weighted by atomic mass is 9.91. The van der Waals surface area contributed by atoms with Crippen molar-refractivity contribution in [2.75, 3.05) is 27.2 Å². The molecule has 0 aromatic heterocycles. The molecule has 0 rings (SSSR count). The summed E-state index contributed by atoms with van der Waals surface area (Å²) >= 11 is 0. The van der Waals surface area contributed by atoms with E-state index >= 15 is 0 Å². The topological polar surface area (TPSA) is 15.3 Å². The standard InChI is InChI=1S/C15H34N2/c1-8-13(9-2)14(17(6)7)12-16-11-10-15(3,4)5/h13-14,16H,8-12H2,1-7H3. The first kappa shape index (κ1) is 16.9. The minimum atomic E-state index is 0.440. The molecule has 1 atom stereocenters.